The highest BCUT2D eigenvalue weighted by Gasteiger charge is 2.21. The highest BCUT2D eigenvalue weighted by molar-refractivity contribution is 7.98. The van der Waals surface area contributed by atoms with Crippen LogP contribution in [0.2, 0.25) is 0 Å². The van der Waals surface area contributed by atoms with Crippen molar-refractivity contribution in [3.63, 3.8) is 0 Å². The normalized spacial score (nSPS) is 11.0. The summed E-state index contributed by atoms with van der Waals surface area (Å²) in [6.45, 7) is 0.909. The summed E-state index contributed by atoms with van der Waals surface area (Å²) in [6, 6.07) is 16.3. The number of carbonyl (C=O) groups is 2. The Morgan fingerprint density at radius 2 is 1.73 bits per heavy atom. The predicted molar refractivity (Wildman–Crippen MR) is 126 cm³/mol. The number of aryl methyl sites for hydroxylation is 1. The third kappa shape index (κ3) is 6.33. The minimum Gasteiger partial charge on any atom is -0.452 e. The number of ether oxygens (including phenoxy) is 1. The molecule has 0 aliphatic carbocycles. The van der Waals surface area contributed by atoms with Crippen molar-refractivity contribution in [1.29, 1.82) is 0 Å². The zero-order valence-electron chi connectivity index (χ0n) is 17.8. The van der Waals surface area contributed by atoms with E-state index in [1.54, 1.807) is 23.9 Å². The first-order valence-corrected chi connectivity index (χ1v) is 12.4. The Kier molecular flexibility index (Phi) is 7.72. The molecule has 0 unspecified atom stereocenters. The number of esters is 1. The maximum absolute atomic E-state index is 13.3. The van der Waals surface area contributed by atoms with E-state index < -0.39 is 34.3 Å². The second kappa shape index (κ2) is 10.5. The van der Waals surface area contributed by atoms with E-state index in [0.29, 0.717) is 5.69 Å². The van der Waals surface area contributed by atoms with Crippen LogP contribution in [0.1, 0.15) is 15.9 Å². The molecule has 0 heterocycles. The molecule has 0 saturated carbocycles. The molecule has 0 aromatic heterocycles. The van der Waals surface area contributed by atoms with Crippen LogP contribution < -0.4 is 10.0 Å². The van der Waals surface area contributed by atoms with Gasteiger partial charge in [-0.3, -0.25) is 9.52 Å². The summed E-state index contributed by atoms with van der Waals surface area (Å²) in [5.41, 5.74) is 0.665. The van der Waals surface area contributed by atoms with E-state index in [1.165, 1.54) is 31.2 Å². The Labute approximate surface area is 195 Å². The summed E-state index contributed by atoms with van der Waals surface area (Å²) in [5, 5.41) is 2.62. The Hall–Kier alpha value is -3.37. The Balaban J connectivity index is 1.68. The Bertz CT molecular complexity index is 1280. The van der Waals surface area contributed by atoms with Crippen molar-refractivity contribution in [2.24, 2.45) is 0 Å². The van der Waals surface area contributed by atoms with Crippen molar-refractivity contribution in [1.82, 2.24) is 0 Å². The van der Waals surface area contributed by atoms with Crippen LogP contribution >= 0.6 is 11.8 Å². The van der Waals surface area contributed by atoms with Crippen molar-refractivity contribution < 1.29 is 27.1 Å². The number of carbonyl (C=O) groups excluding carboxylic acids is 2. The van der Waals surface area contributed by atoms with Gasteiger partial charge in [-0.15, -0.1) is 11.8 Å². The van der Waals surface area contributed by atoms with E-state index in [4.69, 9.17) is 4.74 Å². The summed E-state index contributed by atoms with van der Waals surface area (Å²) >= 11 is 1.57. The van der Waals surface area contributed by atoms with Gasteiger partial charge < -0.3 is 10.1 Å². The van der Waals surface area contributed by atoms with Crippen LogP contribution in [-0.2, 0) is 19.6 Å². The Morgan fingerprint density at radius 1 is 1.03 bits per heavy atom. The van der Waals surface area contributed by atoms with E-state index in [1.807, 2.05) is 18.4 Å². The van der Waals surface area contributed by atoms with Crippen LogP contribution in [0, 0.1) is 12.7 Å². The Morgan fingerprint density at radius 3 is 2.39 bits per heavy atom. The average Bonchev–Trinajstić information content (AvgIpc) is 2.78. The fourth-order valence-corrected chi connectivity index (χ4v) is 4.66. The van der Waals surface area contributed by atoms with Crippen molar-refractivity contribution >= 4 is 45.0 Å². The SMILES string of the molecule is CSc1ccc(NC(=O)COC(=O)c2ccccc2NS(=O)(=O)c2ccc(F)cc2C)cc1. The lowest BCUT2D eigenvalue weighted by Gasteiger charge is -2.13. The van der Waals surface area contributed by atoms with Crippen LogP contribution in [0.3, 0.4) is 0 Å². The van der Waals surface area contributed by atoms with E-state index >= 15 is 0 Å². The van der Waals surface area contributed by atoms with Gasteiger partial charge >= 0.3 is 5.97 Å². The van der Waals surface area contributed by atoms with Gasteiger partial charge in [-0.2, -0.15) is 0 Å². The zero-order valence-corrected chi connectivity index (χ0v) is 19.4. The molecule has 0 spiro atoms. The van der Waals surface area contributed by atoms with Crippen LogP contribution in [0.4, 0.5) is 15.8 Å². The summed E-state index contributed by atoms with van der Waals surface area (Å²) in [6.07, 6.45) is 1.94. The maximum atomic E-state index is 13.3. The number of rotatable bonds is 8. The van der Waals surface area contributed by atoms with E-state index in [-0.39, 0.29) is 21.7 Å². The largest absolute Gasteiger partial charge is 0.452 e. The summed E-state index contributed by atoms with van der Waals surface area (Å²) < 4.78 is 46.3. The van der Waals surface area contributed by atoms with Gasteiger partial charge in [-0.1, -0.05) is 12.1 Å². The lowest BCUT2D eigenvalue weighted by Crippen LogP contribution is -2.22. The third-order valence-corrected chi connectivity index (χ3v) is 6.80. The minimum atomic E-state index is -4.10. The van der Waals surface area contributed by atoms with Crippen molar-refractivity contribution in [2.45, 2.75) is 16.7 Å². The molecule has 7 nitrogen and oxygen atoms in total. The quantitative estimate of drug-likeness (QED) is 0.359. The zero-order chi connectivity index (χ0) is 24.0. The molecule has 10 heteroatoms. The number of hydrogen-bond acceptors (Lipinski definition) is 6. The maximum Gasteiger partial charge on any atom is 0.340 e. The number of hydrogen-bond donors (Lipinski definition) is 2. The van der Waals surface area contributed by atoms with E-state index in [0.717, 1.165) is 23.1 Å². The molecule has 1 amide bonds. The van der Waals surface area contributed by atoms with Gasteiger partial charge in [0.15, 0.2) is 6.61 Å². The fraction of sp³-hybridized carbons (Fsp3) is 0.130. The van der Waals surface area contributed by atoms with Gasteiger partial charge in [0, 0.05) is 10.6 Å². The molecule has 0 radical (unpaired) electrons. The van der Waals surface area contributed by atoms with Crippen LogP contribution in [-0.4, -0.2) is 33.2 Å². The van der Waals surface area contributed by atoms with Gasteiger partial charge in [0.25, 0.3) is 15.9 Å². The number of thioether (sulfide) groups is 1. The second-order valence-electron chi connectivity index (χ2n) is 6.91. The highest BCUT2D eigenvalue weighted by atomic mass is 32.2. The van der Waals surface area contributed by atoms with Gasteiger partial charge in [-0.05, 0) is 73.3 Å². The van der Waals surface area contributed by atoms with Crippen LogP contribution in [0.5, 0.6) is 0 Å². The lowest BCUT2D eigenvalue weighted by atomic mass is 10.2. The number of halogens is 1. The molecule has 3 aromatic carbocycles. The fourth-order valence-electron chi connectivity index (χ4n) is 2.94. The molecular weight excluding hydrogens is 467 g/mol. The molecule has 0 bridgehead atoms. The van der Waals surface area contributed by atoms with E-state index in [9.17, 15) is 22.4 Å². The molecule has 172 valence electrons. The molecule has 3 rings (SSSR count). The number of nitrogens with one attached hydrogen (secondary N) is 2. The number of benzene rings is 3. The molecule has 0 aliphatic rings. The molecule has 33 heavy (non-hydrogen) atoms. The summed E-state index contributed by atoms with van der Waals surface area (Å²) in [4.78, 5) is 25.6. The van der Waals surface area contributed by atoms with Gasteiger partial charge in [-0.25, -0.2) is 17.6 Å². The molecule has 0 fully saturated rings. The van der Waals surface area contributed by atoms with Crippen molar-refractivity contribution in [3.05, 3.63) is 83.7 Å². The lowest BCUT2D eigenvalue weighted by molar-refractivity contribution is -0.119. The smallest absolute Gasteiger partial charge is 0.340 e. The number of amides is 1. The first-order valence-electron chi connectivity index (χ1n) is 9.68. The number of para-hydroxylation sites is 1. The molecule has 0 saturated heterocycles. The average molecular weight is 489 g/mol. The van der Waals surface area contributed by atoms with Crippen LogP contribution in [0.25, 0.3) is 0 Å². The number of sulfonamides is 1. The van der Waals surface area contributed by atoms with Gasteiger partial charge in [0.05, 0.1) is 16.1 Å². The molecular formula is C23H21FN2O5S2. The molecule has 3 aromatic rings. The third-order valence-electron chi connectivity index (χ3n) is 4.53. The molecule has 2 N–H and O–H groups in total. The molecule has 0 aliphatic heterocycles. The number of anilines is 2. The predicted octanol–water partition coefficient (Wildman–Crippen LogP) is 4.45. The van der Waals surface area contributed by atoms with Crippen molar-refractivity contribution in [2.75, 3.05) is 22.9 Å². The second-order valence-corrected chi connectivity index (χ2v) is 9.44. The van der Waals surface area contributed by atoms with Gasteiger partial charge in [0.1, 0.15) is 5.82 Å². The van der Waals surface area contributed by atoms with Gasteiger partial charge in [0.2, 0.25) is 0 Å². The highest BCUT2D eigenvalue weighted by Crippen LogP contribution is 2.23. The molecule has 0 atom stereocenters. The summed E-state index contributed by atoms with van der Waals surface area (Å²) in [5.74, 6) is -1.98. The summed E-state index contributed by atoms with van der Waals surface area (Å²) in [7, 11) is -4.10. The van der Waals surface area contributed by atoms with Crippen molar-refractivity contribution in [3.8, 4) is 0 Å². The monoisotopic (exact) mass is 488 g/mol. The first kappa shape index (κ1) is 24.3. The first-order chi connectivity index (χ1) is 15.7. The van der Waals surface area contributed by atoms with Crippen LogP contribution in [0.15, 0.2) is 76.5 Å². The standard InChI is InChI=1S/C23H21FN2O5S2/c1-15-13-16(24)7-12-21(15)33(29,30)26-20-6-4-3-5-19(20)23(28)31-14-22(27)25-17-8-10-18(32-2)11-9-17/h3-13,26H,14H2,1-2H3,(H,25,27). The van der Waals surface area contributed by atoms with E-state index in [2.05, 4.69) is 10.0 Å². The topological polar surface area (TPSA) is 102 Å². The minimum absolute atomic E-state index is 0.0284.